The van der Waals surface area contributed by atoms with E-state index in [9.17, 15) is 10.1 Å². The van der Waals surface area contributed by atoms with Gasteiger partial charge >= 0.3 is 0 Å². The molecule has 0 radical (unpaired) electrons. The van der Waals surface area contributed by atoms with Crippen molar-refractivity contribution in [3.8, 4) is 0 Å². The van der Waals surface area contributed by atoms with E-state index in [0.717, 1.165) is 11.5 Å². The molecular weight excluding hydrogens is 260 g/mol. The molecule has 0 amide bonds. The Morgan fingerprint density at radius 1 is 1.59 bits per heavy atom. The molecule has 0 saturated carbocycles. The summed E-state index contributed by atoms with van der Waals surface area (Å²) in [4.78, 5) is 10.4. The highest BCUT2D eigenvalue weighted by Crippen LogP contribution is 2.31. The zero-order valence-electron chi connectivity index (χ0n) is 9.19. The molecule has 0 spiro atoms. The van der Waals surface area contributed by atoms with Gasteiger partial charge in [-0.1, -0.05) is 23.7 Å². The van der Waals surface area contributed by atoms with Gasteiger partial charge in [-0.3, -0.25) is 10.1 Å². The van der Waals surface area contributed by atoms with Gasteiger partial charge in [-0.25, -0.2) is 0 Å². The van der Waals surface area contributed by atoms with Gasteiger partial charge in [-0.05, 0) is 6.07 Å². The number of hydrogen-bond donors (Lipinski definition) is 1. The average Bonchev–Trinajstić information content (AvgIpc) is 2.30. The highest BCUT2D eigenvalue weighted by Gasteiger charge is 2.15. The molecule has 0 aliphatic rings. The topological polar surface area (TPSA) is 55.2 Å². The first-order valence-corrected chi connectivity index (χ1v) is 6.55. The monoisotopic (exact) mass is 272 g/mol. The Morgan fingerprint density at radius 2 is 2.35 bits per heavy atom. The number of nitrogens with one attached hydrogen (secondary N) is 1. The van der Waals surface area contributed by atoms with Crippen LogP contribution in [0.25, 0.3) is 0 Å². The van der Waals surface area contributed by atoms with Gasteiger partial charge in [0, 0.05) is 24.1 Å². The maximum atomic E-state index is 10.8. The summed E-state index contributed by atoms with van der Waals surface area (Å²) in [6.45, 7) is 4.24. The lowest BCUT2D eigenvalue weighted by Gasteiger charge is -2.08. The summed E-state index contributed by atoms with van der Waals surface area (Å²) in [6, 6.07) is 4.64. The molecule has 1 N–H and O–H groups in total. The molecule has 0 saturated heterocycles. The van der Waals surface area contributed by atoms with Crippen LogP contribution in [-0.4, -0.2) is 23.0 Å². The van der Waals surface area contributed by atoms with Gasteiger partial charge in [0.2, 0.25) is 0 Å². The average molecular weight is 273 g/mol. The van der Waals surface area contributed by atoms with Crippen molar-refractivity contribution in [2.75, 3.05) is 23.4 Å². The molecule has 0 unspecified atom stereocenters. The lowest BCUT2D eigenvalue weighted by atomic mass is 10.2. The Morgan fingerprint density at radius 3 is 3.00 bits per heavy atom. The van der Waals surface area contributed by atoms with Gasteiger partial charge in [-0.15, -0.1) is 6.58 Å². The first-order valence-electron chi connectivity index (χ1n) is 5.02. The fourth-order valence-electron chi connectivity index (χ4n) is 1.25. The van der Waals surface area contributed by atoms with Crippen LogP contribution in [-0.2, 0) is 0 Å². The molecule has 0 aliphatic carbocycles. The van der Waals surface area contributed by atoms with Crippen LogP contribution in [0.15, 0.2) is 30.9 Å². The molecule has 4 nitrogen and oxygen atoms in total. The van der Waals surface area contributed by atoms with Gasteiger partial charge in [0.1, 0.15) is 5.69 Å². The normalized spacial score (nSPS) is 9.94. The first kappa shape index (κ1) is 13.9. The Bertz CT molecular complexity index is 412. The van der Waals surface area contributed by atoms with Gasteiger partial charge in [0.15, 0.2) is 0 Å². The molecular formula is C11H13ClN2O2S. The summed E-state index contributed by atoms with van der Waals surface area (Å²) in [7, 11) is 0. The van der Waals surface area contributed by atoms with E-state index in [1.54, 1.807) is 23.9 Å². The molecule has 17 heavy (non-hydrogen) atoms. The number of benzene rings is 1. The van der Waals surface area contributed by atoms with E-state index in [-0.39, 0.29) is 5.69 Å². The molecule has 0 fully saturated rings. The van der Waals surface area contributed by atoms with Crippen molar-refractivity contribution in [2.24, 2.45) is 0 Å². The zero-order valence-corrected chi connectivity index (χ0v) is 10.8. The zero-order chi connectivity index (χ0) is 12.7. The number of rotatable bonds is 7. The number of nitro groups is 1. The van der Waals surface area contributed by atoms with Crippen LogP contribution in [0.4, 0.5) is 11.4 Å². The summed E-state index contributed by atoms with van der Waals surface area (Å²) in [5.41, 5.74) is 0.393. The minimum atomic E-state index is -0.439. The highest BCUT2D eigenvalue weighted by molar-refractivity contribution is 7.99. The van der Waals surface area contributed by atoms with Crippen LogP contribution in [0.1, 0.15) is 0 Å². The molecule has 0 heterocycles. The lowest BCUT2D eigenvalue weighted by molar-refractivity contribution is -0.383. The quantitative estimate of drug-likeness (QED) is 0.357. The lowest BCUT2D eigenvalue weighted by Crippen LogP contribution is -2.07. The molecule has 1 rings (SSSR count). The predicted molar refractivity (Wildman–Crippen MR) is 74.1 cm³/mol. The Labute approximate surface area is 109 Å². The second-order valence-corrected chi connectivity index (χ2v) is 4.74. The number of nitrogens with zero attached hydrogens (tertiary/aromatic N) is 1. The Hall–Kier alpha value is -1.20. The van der Waals surface area contributed by atoms with Crippen molar-refractivity contribution in [1.82, 2.24) is 0 Å². The Kier molecular flexibility index (Phi) is 5.86. The minimum absolute atomic E-state index is 0.00576. The first-order chi connectivity index (χ1) is 8.16. The van der Waals surface area contributed by atoms with Crippen molar-refractivity contribution in [3.63, 3.8) is 0 Å². The van der Waals surface area contributed by atoms with E-state index in [1.165, 1.54) is 6.07 Å². The van der Waals surface area contributed by atoms with E-state index in [4.69, 9.17) is 11.6 Å². The fraction of sp³-hybridized carbons (Fsp3) is 0.273. The Balaban J connectivity index is 2.62. The van der Waals surface area contributed by atoms with Crippen molar-refractivity contribution in [1.29, 1.82) is 0 Å². The third-order valence-electron chi connectivity index (χ3n) is 1.97. The number of para-hydroxylation sites is 1. The molecule has 1 aromatic rings. The second kappa shape index (κ2) is 7.19. The van der Waals surface area contributed by atoms with Crippen LogP contribution in [0, 0.1) is 10.1 Å². The number of hydrogen-bond acceptors (Lipinski definition) is 4. The number of thioether (sulfide) groups is 1. The molecule has 6 heteroatoms. The molecule has 0 bridgehead atoms. The van der Waals surface area contributed by atoms with Crippen LogP contribution < -0.4 is 5.32 Å². The van der Waals surface area contributed by atoms with Crippen LogP contribution in [0.2, 0.25) is 5.02 Å². The fourth-order valence-corrected chi connectivity index (χ4v) is 2.07. The van der Waals surface area contributed by atoms with E-state index >= 15 is 0 Å². The number of halogens is 1. The number of anilines is 1. The van der Waals surface area contributed by atoms with Crippen LogP contribution in [0.5, 0.6) is 0 Å². The third-order valence-corrected chi connectivity index (χ3v) is 3.25. The molecule has 1 aromatic carbocycles. The van der Waals surface area contributed by atoms with Gasteiger partial charge < -0.3 is 5.32 Å². The second-order valence-electron chi connectivity index (χ2n) is 3.18. The minimum Gasteiger partial charge on any atom is -0.377 e. The standard InChI is InChI=1S/C11H13ClN2O2S/c1-2-7-17-8-6-13-11-9(12)4-3-5-10(11)14(15)16/h2-5,13H,1,6-8H2. The smallest absolute Gasteiger partial charge is 0.293 e. The van der Waals surface area contributed by atoms with Gasteiger partial charge in [-0.2, -0.15) is 11.8 Å². The SMILES string of the molecule is C=CCSCCNc1c(Cl)cccc1[N+](=O)[O-]. The maximum Gasteiger partial charge on any atom is 0.293 e. The summed E-state index contributed by atoms with van der Waals surface area (Å²) in [5, 5.41) is 14.2. The maximum absolute atomic E-state index is 10.8. The van der Waals surface area contributed by atoms with Crippen LogP contribution in [0.3, 0.4) is 0 Å². The van der Waals surface area contributed by atoms with E-state index in [1.807, 2.05) is 6.08 Å². The molecule has 0 atom stereocenters. The van der Waals surface area contributed by atoms with Crippen molar-refractivity contribution in [3.05, 3.63) is 46.0 Å². The predicted octanol–water partition coefficient (Wildman–Crippen LogP) is 3.58. The van der Waals surface area contributed by atoms with Crippen molar-refractivity contribution < 1.29 is 4.92 Å². The van der Waals surface area contributed by atoms with Crippen molar-refractivity contribution >= 4 is 34.7 Å². The third kappa shape index (κ3) is 4.28. The van der Waals surface area contributed by atoms with Crippen LogP contribution >= 0.6 is 23.4 Å². The largest absolute Gasteiger partial charge is 0.377 e. The molecule has 0 aromatic heterocycles. The van der Waals surface area contributed by atoms with Crippen molar-refractivity contribution in [2.45, 2.75) is 0 Å². The van der Waals surface area contributed by atoms with Gasteiger partial charge in [0.25, 0.3) is 5.69 Å². The summed E-state index contributed by atoms with van der Waals surface area (Å²) >= 11 is 7.62. The summed E-state index contributed by atoms with van der Waals surface area (Å²) in [6.07, 6.45) is 1.82. The molecule has 0 aliphatic heterocycles. The summed E-state index contributed by atoms with van der Waals surface area (Å²) in [5.74, 6) is 1.71. The number of nitro benzene ring substituents is 1. The molecule has 92 valence electrons. The van der Waals surface area contributed by atoms with E-state index < -0.39 is 4.92 Å². The highest BCUT2D eigenvalue weighted by atomic mass is 35.5. The van der Waals surface area contributed by atoms with Gasteiger partial charge in [0.05, 0.1) is 9.95 Å². The van der Waals surface area contributed by atoms with E-state index in [0.29, 0.717) is 17.3 Å². The van der Waals surface area contributed by atoms with E-state index in [2.05, 4.69) is 11.9 Å². The summed E-state index contributed by atoms with van der Waals surface area (Å²) < 4.78 is 0.